The van der Waals surface area contributed by atoms with Crippen molar-refractivity contribution in [2.24, 2.45) is 11.7 Å². The molecular weight excluding hydrogens is 352 g/mol. The van der Waals surface area contributed by atoms with E-state index >= 15 is 0 Å². The van der Waals surface area contributed by atoms with Gasteiger partial charge in [-0.1, -0.05) is 37.8 Å². The van der Waals surface area contributed by atoms with Crippen LogP contribution in [0.2, 0.25) is 0 Å². The molecule has 1 aromatic carbocycles. The molecule has 1 unspecified atom stereocenters. The number of carbonyl (C=O) groups excluding carboxylic acids is 2. The van der Waals surface area contributed by atoms with Gasteiger partial charge in [0.1, 0.15) is 11.5 Å². The molecule has 1 amide bonds. The van der Waals surface area contributed by atoms with Crippen LogP contribution in [0.4, 0.5) is 0 Å². The molecule has 3 N–H and O–H groups in total. The summed E-state index contributed by atoms with van der Waals surface area (Å²) < 4.78 is 5.12. The summed E-state index contributed by atoms with van der Waals surface area (Å²) in [6.07, 6.45) is 9.79. The third-order valence-corrected chi connectivity index (χ3v) is 4.50. The van der Waals surface area contributed by atoms with E-state index in [2.05, 4.69) is 6.58 Å². The van der Waals surface area contributed by atoms with Crippen LogP contribution in [0.3, 0.4) is 0 Å². The minimum atomic E-state index is -0.555. The topological polar surface area (TPSA) is 93.2 Å². The van der Waals surface area contributed by atoms with Crippen molar-refractivity contribution < 1.29 is 14.3 Å². The smallest absolute Gasteiger partial charge is 0.252 e. The lowest BCUT2D eigenvalue weighted by molar-refractivity contribution is -0.121. The van der Waals surface area contributed by atoms with Crippen LogP contribution >= 0.6 is 0 Å². The van der Waals surface area contributed by atoms with Crippen LogP contribution in [0.5, 0.6) is 5.75 Å². The van der Waals surface area contributed by atoms with Crippen molar-refractivity contribution in [3.63, 3.8) is 0 Å². The molecule has 0 fully saturated rings. The zero-order chi connectivity index (χ0) is 21.1. The second kappa shape index (κ2) is 11.7. The standard InChI is InChI=1S/C23H30N2O3/c1-5-8-20(24)16(2)9-6-10-17(3)21(26)12-7-11-18-13-14-22(28-4)19(15-18)23(25)27/h5,7-8,11,13-15,17,24H,2,6,9-10,12H2,1,3-4H3,(H2,25,27)/b8-5+,11-7+,24-20?. The van der Waals surface area contributed by atoms with E-state index in [1.165, 1.54) is 7.11 Å². The summed E-state index contributed by atoms with van der Waals surface area (Å²) in [5.41, 5.74) is 7.70. The Labute approximate surface area is 167 Å². The van der Waals surface area contributed by atoms with Gasteiger partial charge in [-0.25, -0.2) is 0 Å². The molecule has 0 heterocycles. The number of nitrogens with one attached hydrogen (secondary N) is 1. The molecule has 28 heavy (non-hydrogen) atoms. The van der Waals surface area contributed by atoms with E-state index in [9.17, 15) is 9.59 Å². The van der Waals surface area contributed by atoms with E-state index in [1.807, 2.05) is 19.9 Å². The molecule has 5 heteroatoms. The molecule has 150 valence electrons. The van der Waals surface area contributed by atoms with Gasteiger partial charge in [0.2, 0.25) is 0 Å². The highest BCUT2D eigenvalue weighted by Gasteiger charge is 2.12. The summed E-state index contributed by atoms with van der Waals surface area (Å²) in [6.45, 7) is 7.71. The number of ether oxygens (including phenoxy) is 1. The summed E-state index contributed by atoms with van der Waals surface area (Å²) in [7, 11) is 1.48. The monoisotopic (exact) mass is 382 g/mol. The molecule has 0 spiro atoms. The SMILES string of the molecule is C=C(CCCC(C)C(=O)C/C=C/c1ccc(OC)c(C(N)=O)c1)C(=N)/C=C/C. The van der Waals surface area contributed by atoms with Crippen LogP contribution < -0.4 is 10.5 Å². The Kier molecular flexibility index (Phi) is 9.65. The molecule has 0 aliphatic rings. The van der Waals surface area contributed by atoms with Crippen molar-refractivity contribution in [1.82, 2.24) is 0 Å². The summed E-state index contributed by atoms with van der Waals surface area (Å²) >= 11 is 0. The Morgan fingerprint density at radius 3 is 2.68 bits per heavy atom. The minimum absolute atomic E-state index is 0.0506. The van der Waals surface area contributed by atoms with Crippen molar-refractivity contribution in [2.75, 3.05) is 7.11 Å². The van der Waals surface area contributed by atoms with E-state index in [0.29, 0.717) is 23.4 Å². The first-order valence-electron chi connectivity index (χ1n) is 9.36. The van der Waals surface area contributed by atoms with Crippen molar-refractivity contribution in [3.8, 4) is 5.75 Å². The lowest BCUT2D eigenvalue weighted by Gasteiger charge is -2.10. The fourth-order valence-electron chi connectivity index (χ4n) is 2.74. The Morgan fingerprint density at radius 1 is 1.36 bits per heavy atom. The maximum atomic E-state index is 12.3. The molecular formula is C23H30N2O3. The highest BCUT2D eigenvalue weighted by Crippen LogP contribution is 2.20. The van der Waals surface area contributed by atoms with Gasteiger partial charge in [-0.2, -0.15) is 0 Å². The Morgan fingerprint density at radius 2 is 2.07 bits per heavy atom. The number of nitrogens with two attached hydrogens (primary N) is 1. The predicted octanol–water partition coefficient (Wildman–Crippen LogP) is 4.72. The number of ketones is 1. The average Bonchev–Trinajstić information content (AvgIpc) is 2.67. The van der Waals surface area contributed by atoms with E-state index in [1.54, 1.807) is 36.4 Å². The van der Waals surface area contributed by atoms with Crippen molar-refractivity contribution in [2.45, 2.75) is 39.5 Å². The summed E-state index contributed by atoms with van der Waals surface area (Å²) in [4.78, 5) is 23.8. The Bertz CT molecular complexity index is 791. The molecule has 0 aromatic heterocycles. The maximum Gasteiger partial charge on any atom is 0.252 e. The molecule has 1 rings (SSSR count). The number of Topliss-reactive ketones (excluding diaryl/α,β-unsaturated/α-hetero) is 1. The number of carbonyl (C=O) groups is 2. The first-order chi connectivity index (χ1) is 13.3. The van der Waals surface area contributed by atoms with Gasteiger partial charge in [0.15, 0.2) is 0 Å². The summed E-state index contributed by atoms with van der Waals surface area (Å²) in [5, 5.41) is 7.81. The van der Waals surface area contributed by atoms with E-state index in [4.69, 9.17) is 15.9 Å². The number of primary amides is 1. The molecule has 0 saturated carbocycles. The predicted molar refractivity (Wildman–Crippen MR) is 115 cm³/mol. The highest BCUT2D eigenvalue weighted by atomic mass is 16.5. The van der Waals surface area contributed by atoms with Crippen molar-refractivity contribution >= 4 is 23.5 Å². The van der Waals surface area contributed by atoms with Crippen LogP contribution in [0.1, 0.15) is 55.5 Å². The molecule has 0 bridgehead atoms. The Balaban J connectivity index is 2.53. The van der Waals surface area contributed by atoms with E-state index in [-0.39, 0.29) is 11.7 Å². The second-order valence-corrected chi connectivity index (χ2v) is 6.71. The zero-order valence-electron chi connectivity index (χ0n) is 17.0. The van der Waals surface area contributed by atoms with Gasteiger partial charge >= 0.3 is 0 Å². The van der Waals surface area contributed by atoms with Gasteiger partial charge in [0, 0.05) is 12.3 Å². The van der Waals surface area contributed by atoms with Crippen LogP contribution in [0.15, 0.2) is 48.6 Å². The third-order valence-electron chi connectivity index (χ3n) is 4.50. The van der Waals surface area contributed by atoms with Crippen LogP contribution in [0, 0.1) is 11.3 Å². The first kappa shape index (κ1) is 23.1. The van der Waals surface area contributed by atoms with Crippen LogP contribution in [0.25, 0.3) is 6.08 Å². The van der Waals surface area contributed by atoms with Crippen LogP contribution in [-0.4, -0.2) is 24.5 Å². The number of hydrogen-bond donors (Lipinski definition) is 2. The normalized spacial score (nSPS) is 12.2. The lowest BCUT2D eigenvalue weighted by Crippen LogP contribution is -2.12. The largest absolute Gasteiger partial charge is 0.496 e. The Hall–Kier alpha value is -2.95. The number of hydrogen-bond acceptors (Lipinski definition) is 4. The van der Waals surface area contributed by atoms with Crippen molar-refractivity contribution in [3.05, 3.63) is 59.7 Å². The van der Waals surface area contributed by atoms with Gasteiger partial charge in [-0.3, -0.25) is 9.59 Å². The second-order valence-electron chi connectivity index (χ2n) is 6.71. The number of allylic oxidation sites excluding steroid dienone is 4. The van der Waals surface area contributed by atoms with E-state index < -0.39 is 5.91 Å². The first-order valence-corrected chi connectivity index (χ1v) is 9.36. The number of methoxy groups -OCH3 is 1. The van der Waals surface area contributed by atoms with Gasteiger partial charge in [0.25, 0.3) is 5.91 Å². The summed E-state index contributed by atoms with van der Waals surface area (Å²) in [6, 6.07) is 5.14. The molecule has 1 atom stereocenters. The summed E-state index contributed by atoms with van der Waals surface area (Å²) in [5.74, 6) is -0.0150. The molecule has 0 saturated heterocycles. The fraction of sp³-hybridized carbons (Fsp3) is 0.348. The fourth-order valence-corrected chi connectivity index (χ4v) is 2.74. The lowest BCUT2D eigenvalue weighted by atomic mass is 9.95. The quantitative estimate of drug-likeness (QED) is 0.512. The zero-order valence-corrected chi connectivity index (χ0v) is 17.0. The molecule has 1 aromatic rings. The highest BCUT2D eigenvalue weighted by molar-refractivity contribution is 6.05. The van der Waals surface area contributed by atoms with Gasteiger partial charge in [-0.15, -0.1) is 0 Å². The maximum absolute atomic E-state index is 12.3. The number of amides is 1. The molecule has 0 aliphatic carbocycles. The molecule has 5 nitrogen and oxygen atoms in total. The van der Waals surface area contributed by atoms with Gasteiger partial charge in [0.05, 0.1) is 18.4 Å². The number of rotatable bonds is 12. The number of benzene rings is 1. The minimum Gasteiger partial charge on any atom is -0.496 e. The van der Waals surface area contributed by atoms with Gasteiger partial charge < -0.3 is 15.9 Å². The van der Waals surface area contributed by atoms with E-state index in [0.717, 1.165) is 30.4 Å². The van der Waals surface area contributed by atoms with Crippen LogP contribution in [-0.2, 0) is 4.79 Å². The molecule has 0 aliphatic heterocycles. The average molecular weight is 383 g/mol. The van der Waals surface area contributed by atoms with Crippen molar-refractivity contribution in [1.29, 1.82) is 5.41 Å². The molecule has 0 radical (unpaired) electrons. The van der Waals surface area contributed by atoms with Gasteiger partial charge in [-0.05, 0) is 55.5 Å². The third kappa shape index (κ3) is 7.35.